The van der Waals surface area contributed by atoms with Crippen molar-refractivity contribution in [3.05, 3.63) is 109 Å². The fourth-order valence-corrected chi connectivity index (χ4v) is 1.03. The van der Waals surface area contributed by atoms with Crippen molar-refractivity contribution in [1.29, 1.82) is 0 Å². The third kappa shape index (κ3) is 12.5. The van der Waals surface area contributed by atoms with E-state index in [1.165, 1.54) is 0 Å². The summed E-state index contributed by atoms with van der Waals surface area (Å²) in [6.07, 6.45) is 0. The molecule has 0 amide bonds. The topological polar surface area (TPSA) is 0 Å². The molecule has 0 heterocycles. The summed E-state index contributed by atoms with van der Waals surface area (Å²) < 4.78 is 0. The Hall–Kier alpha value is -1.72. The molecule has 0 radical (unpaired) electrons. The van der Waals surface area contributed by atoms with Crippen LogP contribution in [0.1, 0.15) is 0 Å². The van der Waals surface area contributed by atoms with E-state index in [-0.39, 0.29) is 19.5 Å². The van der Waals surface area contributed by atoms with E-state index in [9.17, 15) is 0 Å². The molecule has 3 rings (SSSR count). The van der Waals surface area contributed by atoms with Crippen molar-refractivity contribution in [2.75, 3.05) is 0 Å². The second-order valence-electron chi connectivity index (χ2n) is 3.23. The number of benzene rings is 3. The molecule has 98 valence electrons. The van der Waals surface area contributed by atoms with Crippen molar-refractivity contribution in [1.82, 2.24) is 0 Å². The van der Waals surface area contributed by atoms with Crippen LogP contribution in [-0.4, -0.2) is 0 Å². The molecule has 0 fully saturated rings. The number of hydrogen-bond acceptors (Lipinski definition) is 0. The van der Waals surface area contributed by atoms with Gasteiger partial charge in [-0.2, -0.15) is 109 Å². The van der Waals surface area contributed by atoms with Crippen molar-refractivity contribution in [3.8, 4) is 0 Å². The average molecular weight is 332 g/mol. The van der Waals surface area contributed by atoms with Gasteiger partial charge in [0.05, 0.1) is 0 Å². The second-order valence-corrected chi connectivity index (χ2v) is 3.23. The molecular weight excluding hydrogens is 317 g/mol. The zero-order chi connectivity index (χ0) is 12.7. The molecule has 0 nitrogen and oxygen atoms in total. The first kappa shape index (κ1) is 17.3. The molecule has 0 unspecified atom stereocenters. The molecule has 0 bridgehead atoms. The summed E-state index contributed by atoms with van der Waals surface area (Å²) in [5.41, 5.74) is 0. The van der Waals surface area contributed by atoms with Crippen molar-refractivity contribution >= 4 is 0 Å². The first-order valence-electron chi connectivity index (χ1n) is 5.73. The number of rotatable bonds is 0. The Morgan fingerprint density at radius 2 is 0.526 bits per heavy atom. The van der Waals surface area contributed by atoms with E-state index in [2.05, 4.69) is 18.2 Å². The van der Waals surface area contributed by atoms with Gasteiger partial charge < -0.3 is 0 Å². The summed E-state index contributed by atoms with van der Waals surface area (Å²) in [5.74, 6) is 0. The van der Waals surface area contributed by atoms with Crippen molar-refractivity contribution in [3.63, 3.8) is 0 Å². The first-order valence-corrected chi connectivity index (χ1v) is 5.73. The molecule has 0 aromatic heterocycles. The SMILES string of the molecule is [Ru].[c-]1ccccc1.[c-]1ccccc1.[c-]1ccccc1. The molecule has 0 saturated carbocycles. The third-order valence-electron chi connectivity index (χ3n) is 1.82. The van der Waals surface area contributed by atoms with Gasteiger partial charge in [-0.15, -0.1) is 0 Å². The summed E-state index contributed by atoms with van der Waals surface area (Å²) in [5, 5.41) is 0. The largest absolute Gasteiger partial charge is 0.184 e. The molecule has 3 aromatic rings. The van der Waals surface area contributed by atoms with Gasteiger partial charge in [0.2, 0.25) is 0 Å². The van der Waals surface area contributed by atoms with E-state index in [0.29, 0.717) is 0 Å². The zero-order valence-corrected chi connectivity index (χ0v) is 12.3. The second kappa shape index (κ2) is 14.3. The minimum absolute atomic E-state index is 0. The van der Waals surface area contributed by atoms with E-state index < -0.39 is 0 Å². The molecule has 0 N–H and O–H groups in total. The van der Waals surface area contributed by atoms with Crippen LogP contribution in [0.5, 0.6) is 0 Å². The van der Waals surface area contributed by atoms with Crippen LogP contribution in [-0.2, 0) is 19.5 Å². The zero-order valence-electron chi connectivity index (χ0n) is 10.5. The Morgan fingerprint density at radius 1 is 0.316 bits per heavy atom. The van der Waals surface area contributed by atoms with Gasteiger partial charge in [-0.05, 0) is 0 Å². The van der Waals surface area contributed by atoms with E-state index in [1.54, 1.807) is 0 Å². The summed E-state index contributed by atoms with van der Waals surface area (Å²) in [7, 11) is 0. The fraction of sp³-hybridized carbons (Fsp3) is 0. The van der Waals surface area contributed by atoms with Gasteiger partial charge in [0.25, 0.3) is 0 Å². The standard InChI is InChI=1S/3C6H5.Ru/c3*1-2-4-6-5-3-1;/h3*1-5H;/q3*-1;. The van der Waals surface area contributed by atoms with Crippen LogP contribution in [0.25, 0.3) is 0 Å². The van der Waals surface area contributed by atoms with Gasteiger partial charge in [-0.3, -0.25) is 0 Å². The van der Waals surface area contributed by atoms with Crippen LogP contribution in [0.4, 0.5) is 0 Å². The predicted molar refractivity (Wildman–Crippen MR) is 75.8 cm³/mol. The van der Waals surface area contributed by atoms with Crippen molar-refractivity contribution in [2.24, 2.45) is 0 Å². The number of hydrogen-bond donors (Lipinski definition) is 0. The van der Waals surface area contributed by atoms with Crippen LogP contribution in [0.15, 0.2) is 91.0 Å². The third-order valence-corrected chi connectivity index (χ3v) is 1.82. The smallest absolute Gasteiger partial charge is 0 e. The normalized spacial score (nSPS) is 7.58. The van der Waals surface area contributed by atoms with Gasteiger partial charge in [-0.25, -0.2) is 0 Å². The maximum absolute atomic E-state index is 2.89. The molecule has 1 heteroatoms. The van der Waals surface area contributed by atoms with Gasteiger partial charge in [0.1, 0.15) is 0 Å². The van der Waals surface area contributed by atoms with E-state index in [1.807, 2.05) is 91.0 Å². The van der Waals surface area contributed by atoms with E-state index >= 15 is 0 Å². The van der Waals surface area contributed by atoms with Crippen LogP contribution in [0.2, 0.25) is 0 Å². The van der Waals surface area contributed by atoms with Crippen LogP contribution in [0, 0.1) is 18.2 Å². The molecule has 0 spiro atoms. The predicted octanol–water partition coefficient (Wildman–Crippen LogP) is 4.46. The van der Waals surface area contributed by atoms with Crippen LogP contribution in [0.3, 0.4) is 0 Å². The molecule has 0 atom stereocenters. The Kier molecular flexibility index (Phi) is 13.0. The maximum atomic E-state index is 2.89. The Labute approximate surface area is 128 Å². The Morgan fingerprint density at radius 3 is 0.579 bits per heavy atom. The van der Waals surface area contributed by atoms with Crippen LogP contribution < -0.4 is 0 Å². The van der Waals surface area contributed by atoms with Crippen molar-refractivity contribution in [2.45, 2.75) is 0 Å². The summed E-state index contributed by atoms with van der Waals surface area (Å²) in [6, 6.07) is 37.5. The fourth-order valence-electron chi connectivity index (χ4n) is 1.03. The molecule has 3 aromatic carbocycles. The summed E-state index contributed by atoms with van der Waals surface area (Å²) in [4.78, 5) is 0. The Bertz CT molecular complexity index is 296. The summed E-state index contributed by atoms with van der Waals surface area (Å²) in [6.45, 7) is 0. The van der Waals surface area contributed by atoms with Gasteiger partial charge in [0.15, 0.2) is 0 Å². The quantitative estimate of drug-likeness (QED) is 0.421. The molecule has 0 aliphatic carbocycles. The minimum atomic E-state index is 0. The molecule has 19 heavy (non-hydrogen) atoms. The van der Waals surface area contributed by atoms with Gasteiger partial charge in [-0.1, -0.05) is 0 Å². The monoisotopic (exact) mass is 333 g/mol. The Balaban J connectivity index is 0.000000249. The maximum Gasteiger partial charge on any atom is 0 e. The first-order chi connectivity index (χ1) is 9.00. The molecule has 0 aliphatic heterocycles. The molecule has 0 aliphatic rings. The summed E-state index contributed by atoms with van der Waals surface area (Å²) >= 11 is 0. The molecular formula is C18H15Ru-3. The molecule has 0 saturated heterocycles. The average Bonchev–Trinajstić information content (AvgIpc) is 2.54. The van der Waals surface area contributed by atoms with E-state index in [0.717, 1.165) is 0 Å². The van der Waals surface area contributed by atoms with Gasteiger partial charge in [0, 0.05) is 19.5 Å². The van der Waals surface area contributed by atoms with Gasteiger partial charge >= 0.3 is 0 Å². The van der Waals surface area contributed by atoms with Crippen LogP contribution >= 0.6 is 0 Å². The van der Waals surface area contributed by atoms with E-state index in [4.69, 9.17) is 0 Å². The van der Waals surface area contributed by atoms with Crippen molar-refractivity contribution < 1.29 is 19.5 Å². The minimum Gasteiger partial charge on any atom is -0.184 e.